The van der Waals surface area contributed by atoms with Crippen molar-refractivity contribution in [2.45, 2.75) is 13.5 Å². The minimum Gasteiger partial charge on any atom is -0.462 e. The largest absolute Gasteiger partial charge is 0.462 e. The fourth-order valence-corrected chi connectivity index (χ4v) is 4.69. The Hall–Kier alpha value is -4.03. The summed E-state index contributed by atoms with van der Waals surface area (Å²) in [4.78, 5) is 18.1. The number of nitrogens with zero attached hydrogens (tertiary/aromatic N) is 4. The van der Waals surface area contributed by atoms with Crippen molar-refractivity contribution in [3.05, 3.63) is 102 Å². The third-order valence-corrected chi connectivity index (χ3v) is 6.47. The lowest BCUT2D eigenvalue weighted by molar-refractivity contribution is 0.0527. The van der Waals surface area contributed by atoms with Gasteiger partial charge in [-0.1, -0.05) is 91.0 Å². The molecule has 0 saturated carbocycles. The van der Waals surface area contributed by atoms with Crippen LogP contribution in [0.25, 0.3) is 22.4 Å². The van der Waals surface area contributed by atoms with E-state index < -0.39 is 0 Å². The number of anilines is 1. The van der Waals surface area contributed by atoms with Crippen LogP contribution in [0.1, 0.15) is 22.8 Å². The smallest absolute Gasteiger partial charge is 0.342 e. The van der Waals surface area contributed by atoms with E-state index in [0.717, 1.165) is 49.4 Å². The molecule has 0 bridgehead atoms. The van der Waals surface area contributed by atoms with Crippen LogP contribution < -0.4 is 4.90 Å². The highest BCUT2D eigenvalue weighted by molar-refractivity contribution is 6.05. The molecule has 1 aliphatic rings. The van der Waals surface area contributed by atoms with Crippen LogP contribution in [0.15, 0.2) is 91.0 Å². The zero-order valence-electron chi connectivity index (χ0n) is 20.5. The van der Waals surface area contributed by atoms with Gasteiger partial charge in [0.15, 0.2) is 5.82 Å². The maximum absolute atomic E-state index is 13.5. The average Bonchev–Trinajstić information content (AvgIpc) is 2.94. The van der Waals surface area contributed by atoms with Crippen LogP contribution in [0, 0.1) is 0 Å². The number of hydrogen-bond donors (Lipinski definition) is 0. The van der Waals surface area contributed by atoms with E-state index in [1.807, 2.05) is 73.7 Å². The molecule has 1 fully saturated rings. The molecule has 1 saturated heterocycles. The Labute approximate surface area is 212 Å². The van der Waals surface area contributed by atoms with Crippen molar-refractivity contribution < 1.29 is 9.53 Å². The second-order valence-electron chi connectivity index (χ2n) is 8.82. The fourth-order valence-electron chi connectivity index (χ4n) is 4.69. The summed E-state index contributed by atoms with van der Waals surface area (Å²) in [5.41, 5.74) is 5.05. The molecule has 36 heavy (non-hydrogen) atoms. The van der Waals surface area contributed by atoms with Gasteiger partial charge >= 0.3 is 5.97 Å². The molecule has 6 nitrogen and oxygen atoms in total. The van der Waals surface area contributed by atoms with Crippen molar-refractivity contribution in [2.75, 3.05) is 37.7 Å². The third-order valence-electron chi connectivity index (χ3n) is 6.47. The van der Waals surface area contributed by atoms with E-state index in [0.29, 0.717) is 23.7 Å². The first kappa shape index (κ1) is 23.7. The maximum Gasteiger partial charge on any atom is 0.342 e. The van der Waals surface area contributed by atoms with Gasteiger partial charge in [0.1, 0.15) is 11.3 Å². The highest BCUT2D eigenvalue weighted by atomic mass is 16.5. The molecule has 0 aliphatic carbocycles. The highest BCUT2D eigenvalue weighted by Crippen LogP contribution is 2.37. The summed E-state index contributed by atoms with van der Waals surface area (Å²) in [6, 6.07) is 30.3. The summed E-state index contributed by atoms with van der Waals surface area (Å²) in [6.07, 6.45) is 0. The van der Waals surface area contributed by atoms with E-state index in [-0.39, 0.29) is 5.97 Å². The SMILES string of the molecule is CCOC(=O)c1c(N2CCN(Cc3ccccc3)CC2)nnc(-c2ccccc2)c1-c1ccccc1. The number of aromatic nitrogens is 2. The van der Waals surface area contributed by atoms with Gasteiger partial charge in [-0.2, -0.15) is 0 Å². The maximum atomic E-state index is 13.5. The van der Waals surface area contributed by atoms with Gasteiger partial charge in [0.25, 0.3) is 0 Å². The number of carbonyl (C=O) groups is 1. The van der Waals surface area contributed by atoms with Crippen molar-refractivity contribution in [1.29, 1.82) is 0 Å². The fraction of sp³-hybridized carbons (Fsp3) is 0.233. The highest BCUT2D eigenvalue weighted by Gasteiger charge is 2.30. The van der Waals surface area contributed by atoms with Crippen LogP contribution in [0.5, 0.6) is 0 Å². The van der Waals surface area contributed by atoms with E-state index in [4.69, 9.17) is 4.74 Å². The zero-order chi connectivity index (χ0) is 24.7. The second kappa shape index (κ2) is 11.1. The molecule has 2 heterocycles. The minimum absolute atomic E-state index is 0.292. The van der Waals surface area contributed by atoms with E-state index in [9.17, 15) is 4.79 Å². The van der Waals surface area contributed by atoms with Crippen LogP contribution in [0.4, 0.5) is 5.82 Å². The predicted molar refractivity (Wildman–Crippen MR) is 143 cm³/mol. The number of hydrogen-bond acceptors (Lipinski definition) is 6. The molecule has 1 aliphatic heterocycles. The molecule has 0 N–H and O–H groups in total. The Kier molecular flexibility index (Phi) is 7.33. The molecular formula is C30H30N4O2. The van der Waals surface area contributed by atoms with Crippen LogP contribution in [0.2, 0.25) is 0 Å². The Balaban J connectivity index is 1.54. The standard InChI is InChI=1S/C30H30N4O2/c1-2-36-30(35)27-26(24-14-8-4-9-15-24)28(25-16-10-5-11-17-25)31-32-29(27)34-20-18-33(19-21-34)22-23-12-6-3-7-13-23/h3-17H,2,18-22H2,1H3. The molecular weight excluding hydrogens is 448 g/mol. The normalized spacial score (nSPS) is 14.0. The molecule has 182 valence electrons. The number of ether oxygens (including phenoxy) is 1. The molecule has 0 unspecified atom stereocenters. The molecule has 0 amide bonds. The van der Waals surface area contributed by atoms with Gasteiger partial charge < -0.3 is 9.64 Å². The number of carbonyl (C=O) groups excluding carboxylic acids is 1. The molecule has 6 heteroatoms. The molecule has 0 spiro atoms. The first-order valence-electron chi connectivity index (χ1n) is 12.4. The predicted octanol–water partition coefficient (Wildman–Crippen LogP) is 5.31. The lowest BCUT2D eigenvalue weighted by Crippen LogP contribution is -2.46. The van der Waals surface area contributed by atoms with Crippen molar-refractivity contribution in [2.24, 2.45) is 0 Å². The topological polar surface area (TPSA) is 58.6 Å². The number of benzene rings is 3. The van der Waals surface area contributed by atoms with E-state index in [2.05, 4.69) is 44.3 Å². The molecule has 0 atom stereocenters. The summed E-state index contributed by atoms with van der Waals surface area (Å²) >= 11 is 0. The van der Waals surface area contributed by atoms with Crippen LogP contribution in [0.3, 0.4) is 0 Å². The first-order valence-corrected chi connectivity index (χ1v) is 12.4. The Morgan fingerprint density at radius 2 is 1.36 bits per heavy atom. The summed E-state index contributed by atoms with van der Waals surface area (Å²) in [5, 5.41) is 9.31. The zero-order valence-corrected chi connectivity index (χ0v) is 20.5. The summed E-state index contributed by atoms with van der Waals surface area (Å²) in [5.74, 6) is 0.219. The second-order valence-corrected chi connectivity index (χ2v) is 8.82. The van der Waals surface area contributed by atoms with Crippen LogP contribution in [-0.4, -0.2) is 53.9 Å². The van der Waals surface area contributed by atoms with E-state index >= 15 is 0 Å². The number of rotatable bonds is 7. The van der Waals surface area contributed by atoms with Crippen LogP contribution >= 0.6 is 0 Å². The Morgan fingerprint density at radius 1 is 0.778 bits per heavy atom. The minimum atomic E-state index is -0.370. The molecule has 1 aromatic heterocycles. The Bertz CT molecular complexity index is 1290. The summed E-state index contributed by atoms with van der Waals surface area (Å²) in [7, 11) is 0. The number of piperazine rings is 1. The van der Waals surface area contributed by atoms with E-state index in [1.54, 1.807) is 0 Å². The van der Waals surface area contributed by atoms with E-state index in [1.165, 1.54) is 5.56 Å². The van der Waals surface area contributed by atoms with Crippen molar-refractivity contribution in [3.8, 4) is 22.4 Å². The van der Waals surface area contributed by atoms with Gasteiger partial charge in [0.2, 0.25) is 0 Å². The third kappa shape index (κ3) is 5.14. The Morgan fingerprint density at radius 3 is 1.97 bits per heavy atom. The van der Waals surface area contributed by atoms with Gasteiger partial charge in [-0.3, -0.25) is 4.90 Å². The number of esters is 1. The summed E-state index contributed by atoms with van der Waals surface area (Å²) < 4.78 is 5.57. The average molecular weight is 479 g/mol. The van der Waals surface area contributed by atoms with Crippen molar-refractivity contribution in [1.82, 2.24) is 15.1 Å². The lowest BCUT2D eigenvalue weighted by Gasteiger charge is -2.36. The van der Waals surface area contributed by atoms with Crippen molar-refractivity contribution >= 4 is 11.8 Å². The summed E-state index contributed by atoms with van der Waals surface area (Å²) in [6.45, 7) is 6.29. The van der Waals surface area contributed by atoms with Crippen LogP contribution in [-0.2, 0) is 11.3 Å². The van der Waals surface area contributed by atoms with Gasteiger partial charge in [-0.05, 0) is 18.1 Å². The molecule has 4 aromatic rings. The lowest BCUT2D eigenvalue weighted by atomic mass is 9.94. The molecule has 5 rings (SSSR count). The molecule has 0 radical (unpaired) electrons. The molecule has 3 aromatic carbocycles. The monoisotopic (exact) mass is 478 g/mol. The quantitative estimate of drug-likeness (QED) is 0.336. The van der Waals surface area contributed by atoms with Gasteiger partial charge in [-0.15, -0.1) is 10.2 Å². The van der Waals surface area contributed by atoms with Gasteiger partial charge in [0.05, 0.1) is 6.61 Å². The first-order chi connectivity index (χ1) is 17.7. The van der Waals surface area contributed by atoms with Gasteiger partial charge in [-0.25, -0.2) is 4.79 Å². The van der Waals surface area contributed by atoms with Gasteiger partial charge in [0, 0.05) is 43.9 Å². The van der Waals surface area contributed by atoms with Crippen molar-refractivity contribution in [3.63, 3.8) is 0 Å².